The molecule has 0 bridgehead atoms. The number of ether oxygens (including phenoxy) is 1. The summed E-state index contributed by atoms with van der Waals surface area (Å²) in [6, 6.07) is 9.92. The van der Waals surface area contributed by atoms with Gasteiger partial charge in [-0.1, -0.05) is 6.92 Å². The summed E-state index contributed by atoms with van der Waals surface area (Å²) in [5.41, 5.74) is 2.12. The first-order valence-electron chi connectivity index (χ1n) is 10.3. The minimum atomic E-state index is -1.20. The molecule has 0 aliphatic carbocycles. The number of H-pyrrole nitrogens is 1. The molecular weight excluding hydrogens is 428 g/mol. The summed E-state index contributed by atoms with van der Waals surface area (Å²) in [6.45, 7) is 1.52. The second kappa shape index (κ2) is 9.07. The van der Waals surface area contributed by atoms with Crippen molar-refractivity contribution in [2.75, 3.05) is 6.61 Å². The average Bonchev–Trinajstić information content (AvgIpc) is 3.18. The molecule has 4 aromatic rings. The molecule has 0 saturated heterocycles. The van der Waals surface area contributed by atoms with Crippen molar-refractivity contribution < 1.29 is 29.0 Å². The van der Waals surface area contributed by atoms with Gasteiger partial charge in [-0.2, -0.15) is 0 Å². The van der Waals surface area contributed by atoms with E-state index in [1.807, 2.05) is 6.92 Å². The van der Waals surface area contributed by atoms with Gasteiger partial charge in [0.15, 0.2) is 6.61 Å². The maximum Gasteiger partial charge on any atom is 0.336 e. The first kappa shape index (κ1) is 21.9. The average molecular weight is 450 g/mol. The van der Waals surface area contributed by atoms with E-state index in [-0.39, 0.29) is 12.2 Å². The fourth-order valence-corrected chi connectivity index (χ4v) is 3.73. The Morgan fingerprint density at radius 3 is 2.70 bits per heavy atom. The highest BCUT2D eigenvalue weighted by Gasteiger charge is 2.22. The maximum atomic E-state index is 12.4. The number of hydrogen-bond acceptors (Lipinski definition) is 6. The number of fused-ring (bicyclic) bond motifs is 2. The van der Waals surface area contributed by atoms with Gasteiger partial charge in [0, 0.05) is 41.0 Å². The summed E-state index contributed by atoms with van der Waals surface area (Å²) >= 11 is 0. The van der Waals surface area contributed by atoms with Crippen molar-refractivity contribution in [3.05, 3.63) is 70.2 Å². The standard InChI is InChI=1S/C24H22N2O7/c1-2-13-8-23(29)33-21-10-16(4-5-17(13)21)32-12-22(28)26-20(24(30)31)7-14-11-25-19-6-3-15(27)9-18(14)19/h3-6,8-11,20,25,27H,2,7,12H2,1H3,(H,26,28)(H,30,31)/t20-/m1/s1. The zero-order chi connectivity index (χ0) is 23.5. The number of carbonyl (C=O) groups excluding carboxylic acids is 1. The zero-order valence-corrected chi connectivity index (χ0v) is 17.8. The van der Waals surface area contributed by atoms with Crippen molar-refractivity contribution in [1.29, 1.82) is 0 Å². The number of aliphatic carboxylic acids is 1. The van der Waals surface area contributed by atoms with E-state index in [1.54, 1.807) is 24.4 Å². The minimum absolute atomic E-state index is 0.0193. The van der Waals surface area contributed by atoms with Crippen LogP contribution in [0.4, 0.5) is 0 Å². The summed E-state index contributed by atoms with van der Waals surface area (Å²) in [7, 11) is 0. The van der Waals surface area contributed by atoms with Gasteiger partial charge in [-0.3, -0.25) is 4.79 Å². The monoisotopic (exact) mass is 450 g/mol. The predicted octanol–water partition coefficient (Wildman–Crippen LogP) is 2.73. The molecule has 0 aliphatic heterocycles. The van der Waals surface area contributed by atoms with E-state index in [2.05, 4.69) is 10.3 Å². The highest BCUT2D eigenvalue weighted by Crippen LogP contribution is 2.25. The Kier molecular flexibility index (Phi) is 6.03. The van der Waals surface area contributed by atoms with Gasteiger partial charge in [0.1, 0.15) is 23.1 Å². The lowest BCUT2D eigenvalue weighted by Crippen LogP contribution is -2.44. The van der Waals surface area contributed by atoms with E-state index in [1.165, 1.54) is 24.3 Å². The maximum absolute atomic E-state index is 12.4. The molecule has 9 nitrogen and oxygen atoms in total. The number of aromatic hydroxyl groups is 1. The number of aromatic nitrogens is 1. The number of carbonyl (C=O) groups is 2. The molecule has 2 aromatic heterocycles. The van der Waals surface area contributed by atoms with Crippen molar-refractivity contribution in [2.45, 2.75) is 25.8 Å². The fourth-order valence-electron chi connectivity index (χ4n) is 3.73. The number of nitrogens with one attached hydrogen (secondary N) is 2. The van der Waals surface area contributed by atoms with E-state index in [4.69, 9.17) is 9.15 Å². The van der Waals surface area contributed by atoms with Crippen LogP contribution < -0.4 is 15.7 Å². The molecule has 170 valence electrons. The number of amides is 1. The number of rotatable bonds is 8. The minimum Gasteiger partial charge on any atom is -0.508 e. The SMILES string of the molecule is CCc1cc(=O)oc2cc(OCC(=O)N[C@H](Cc3c[nH]c4ccc(O)cc34)C(=O)O)ccc12. The van der Waals surface area contributed by atoms with Crippen molar-refractivity contribution in [3.8, 4) is 11.5 Å². The Labute approximate surface area is 187 Å². The van der Waals surface area contributed by atoms with Crippen LogP contribution >= 0.6 is 0 Å². The zero-order valence-electron chi connectivity index (χ0n) is 17.8. The van der Waals surface area contributed by atoms with Crippen molar-refractivity contribution in [2.24, 2.45) is 0 Å². The summed E-state index contributed by atoms with van der Waals surface area (Å²) in [4.78, 5) is 38.8. The summed E-state index contributed by atoms with van der Waals surface area (Å²) in [6.07, 6.45) is 2.33. The molecule has 4 rings (SSSR count). The number of hydrogen-bond donors (Lipinski definition) is 4. The Morgan fingerprint density at radius 1 is 1.12 bits per heavy atom. The predicted molar refractivity (Wildman–Crippen MR) is 121 cm³/mol. The number of phenols is 1. The molecule has 0 spiro atoms. The number of aromatic amines is 1. The quantitative estimate of drug-likeness (QED) is 0.302. The smallest absolute Gasteiger partial charge is 0.336 e. The van der Waals surface area contributed by atoms with E-state index in [9.17, 15) is 24.6 Å². The van der Waals surface area contributed by atoms with Gasteiger partial charge in [0.25, 0.3) is 5.91 Å². The molecule has 0 aliphatic rings. The van der Waals surface area contributed by atoms with E-state index in [0.717, 1.165) is 16.5 Å². The molecule has 0 fully saturated rings. The lowest BCUT2D eigenvalue weighted by Gasteiger charge is -2.15. The normalized spacial score (nSPS) is 12.0. The van der Waals surface area contributed by atoms with Crippen LogP contribution in [0.25, 0.3) is 21.9 Å². The van der Waals surface area contributed by atoms with Gasteiger partial charge in [0.05, 0.1) is 0 Å². The number of carboxylic acids is 1. The third-order valence-corrected chi connectivity index (χ3v) is 5.36. The molecule has 33 heavy (non-hydrogen) atoms. The molecule has 0 saturated carbocycles. The Morgan fingerprint density at radius 2 is 1.94 bits per heavy atom. The van der Waals surface area contributed by atoms with Crippen molar-refractivity contribution in [1.82, 2.24) is 10.3 Å². The van der Waals surface area contributed by atoms with Crippen LogP contribution in [0.2, 0.25) is 0 Å². The highest BCUT2D eigenvalue weighted by molar-refractivity contribution is 5.88. The highest BCUT2D eigenvalue weighted by atomic mass is 16.5. The van der Waals surface area contributed by atoms with Gasteiger partial charge in [-0.05, 0) is 47.9 Å². The molecule has 2 aromatic carbocycles. The van der Waals surface area contributed by atoms with Crippen LogP contribution in [0, 0.1) is 0 Å². The van der Waals surface area contributed by atoms with Gasteiger partial charge in [0.2, 0.25) is 0 Å². The topological polar surface area (TPSA) is 142 Å². The van der Waals surface area contributed by atoms with Crippen molar-refractivity contribution in [3.63, 3.8) is 0 Å². The van der Waals surface area contributed by atoms with Gasteiger partial charge in [-0.25, -0.2) is 9.59 Å². The molecule has 4 N–H and O–H groups in total. The largest absolute Gasteiger partial charge is 0.508 e. The lowest BCUT2D eigenvalue weighted by atomic mass is 10.0. The lowest BCUT2D eigenvalue weighted by molar-refractivity contribution is -0.142. The van der Waals surface area contributed by atoms with Gasteiger partial charge in [-0.15, -0.1) is 0 Å². The Bertz CT molecular complexity index is 1400. The molecule has 1 atom stereocenters. The Balaban J connectivity index is 1.43. The van der Waals surface area contributed by atoms with Crippen LogP contribution in [-0.4, -0.2) is 39.7 Å². The number of aryl methyl sites for hydroxylation is 1. The van der Waals surface area contributed by atoms with E-state index < -0.39 is 30.2 Å². The second-order valence-corrected chi connectivity index (χ2v) is 7.60. The molecule has 2 heterocycles. The van der Waals surface area contributed by atoms with Crippen LogP contribution in [0.15, 0.2) is 57.9 Å². The number of phenolic OH excluding ortho intramolecular Hbond substituents is 1. The second-order valence-electron chi connectivity index (χ2n) is 7.60. The van der Waals surface area contributed by atoms with Crippen LogP contribution in [0.5, 0.6) is 11.5 Å². The summed E-state index contributed by atoms with van der Waals surface area (Å²) in [5.74, 6) is -1.44. The molecular formula is C24H22N2O7. The van der Waals surface area contributed by atoms with E-state index >= 15 is 0 Å². The fraction of sp³-hybridized carbons (Fsp3) is 0.208. The molecule has 0 unspecified atom stereocenters. The summed E-state index contributed by atoms with van der Waals surface area (Å²) < 4.78 is 10.7. The number of carboxylic acid groups (broad SMARTS) is 1. The molecule has 1 amide bonds. The van der Waals surface area contributed by atoms with Crippen LogP contribution in [0.3, 0.4) is 0 Å². The number of benzene rings is 2. The Hall–Kier alpha value is -4.27. The third kappa shape index (κ3) is 4.82. The summed E-state index contributed by atoms with van der Waals surface area (Å²) in [5, 5.41) is 23.2. The van der Waals surface area contributed by atoms with Gasteiger partial charge < -0.3 is 29.7 Å². The first-order valence-corrected chi connectivity index (χ1v) is 10.3. The van der Waals surface area contributed by atoms with Crippen LogP contribution in [0.1, 0.15) is 18.1 Å². The molecule has 0 radical (unpaired) electrons. The van der Waals surface area contributed by atoms with E-state index in [0.29, 0.717) is 28.7 Å². The van der Waals surface area contributed by atoms with Crippen LogP contribution in [-0.2, 0) is 22.4 Å². The van der Waals surface area contributed by atoms with Crippen molar-refractivity contribution >= 4 is 33.7 Å². The molecule has 9 heteroatoms. The van der Waals surface area contributed by atoms with Gasteiger partial charge >= 0.3 is 11.6 Å². The first-order chi connectivity index (χ1) is 15.8. The third-order valence-electron chi connectivity index (χ3n) is 5.36.